The van der Waals surface area contributed by atoms with Crippen LogP contribution in [0.15, 0.2) is 24.3 Å². The molecule has 1 aliphatic heterocycles. The second-order valence-electron chi connectivity index (χ2n) is 3.81. The van der Waals surface area contributed by atoms with Gasteiger partial charge < -0.3 is 0 Å². The van der Waals surface area contributed by atoms with E-state index in [2.05, 4.69) is 31.2 Å². The molecule has 2 rings (SSSR count). The Labute approximate surface area is 79.3 Å². The van der Waals surface area contributed by atoms with Crippen molar-refractivity contribution >= 4 is 0 Å². The van der Waals surface area contributed by atoms with Crippen LogP contribution in [-0.2, 0) is 0 Å². The van der Waals surface area contributed by atoms with Gasteiger partial charge in [-0.25, -0.2) is 5.01 Å². The zero-order chi connectivity index (χ0) is 9.26. The number of nitrogens with zero attached hydrogens (tertiary/aromatic N) is 1. The third kappa shape index (κ3) is 1.74. The lowest BCUT2D eigenvalue weighted by molar-refractivity contribution is 0.266. The van der Waals surface area contributed by atoms with Crippen LogP contribution >= 0.6 is 0 Å². The Morgan fingerprint density at radius 1 is 1.46 bits per heavy atom. The molecule has 0 aromatic heterocycles. The van der Waals surface area contributed by atoms with Gasteiger partial charge in [0.15, 0.2) is 0 Å². The van der Waals surface area contributed by atoms with E-state index in [1.54, 1.807) is 0 Å². The Hall–Kier alpha value is -0.860. The summed E-state index contributed by atoms with van der Waals surface area (Å²) >= 11 is 0. The van der Waals surface area contributed by atoms with Gasteiger partial charge in [0.25, 0.3) is 0 Å². The molecule has 0 unspecified atom stereocenters. The van der Waals surface area contributed by atoms with Gasteiger partial charge >= 0.3 is 0 Å². The molecule has 1 aliphatic rings. The Kier molecular flexibility index (Phi) is 2.34. The van der Waals surface area contributed by atoms with Crippen LogP contribution in [-0.4, -0.2) is 11.6 Å². The first-order valence-electron chi connectivity index (χ1n) is 4.85. The number of hydrogen-bond acceptors (Lipinski definition) is 2. The average molecular weight is 176 g/mol. The minimum Gasteiger partial charge on any atom is -0.268 e. The third-order valence-corrected chi connectivity index (χ3v) is 2.72. The van der Waals surface area contributed by atoms with Gasteiger partial charge in [0.05, 0.1) is 0 Å². The van der Waals surface area contributed by atoms with Gasteiger partial charge in [0.1, 0.15) is 0 Å². The molecule has 0 radical (unpaired) electrons. The molecule has 1 aromatic carbocycles. The van der Waals surface area contributed by atoms with E-state index in [9.17, 15) is 0 Å². The lowest BCUT2D eigenvalue weighted by atomic mass is 10.0. The summed E-state index contributed by atoms with van der Waals surface area (Å²) in [6.45, 7) is 3.15. The topological polar surface area (TPSA) is 29.3 Å². The van der Waals surface area contributed by atoms with Crippen LogP contribution in [0.4, 0.5) is 0 Å². The minimum absolute atomic E-state index is 0.444. The number of hydrogen-bond donors (Lipinski definition) is 1. The molecule has 70 valence electrons. The van der Waals surface area contributed by atoms with E-state index in [0.29, 0.717) is 6.04 Å². The van der Waals surface area contributed by atoms with Crippen molar-refractivity contribution in [3.8, 4) is 0 Å². The third-order valence-electron chi connectivity index (χ3n) is 2.72. The van der Waals surface area contributed by atoms with Gasteiger partial charge in [-0.05, 0) is 25.3 Å². The van der Waals surface area contributed by atoms with Crippen molar-refractivity contribution < 1.29 is 0 Å². The lowest BCUT2D eigenvalue weighted by Gasteiger charge is -2.19. The van der Waals surface area contributed by atoms with E-state index >= 15 is 0 Å². The maximum Gasteiger partial charge on any atom is 0.0491 e. The zero-order valence-corrected chi connectivity index (χ0v) is 8.03. The molecule has 1 aromatic rings. The second-order valence-corrected chi connectivity index (χ2v) is 3.81. The summed E-state index contributed by atoms with van der Waals surface area (Å²) in [5.41, 5.74) is 2.68. The molecule has 2 heteroatoms. The Bertz CT molecular complexity index is 296. The molecule has 0 aliphatic carbocycles. The molecule has 0 bridgehead atoms. The standard InChI is InChI=1S/C11H16N2/c1-9-4-2-5-10(8-9)11-6-3-7-13(11)12/h2,4-5,8,11H,3,6-7,12H2,1H3/t11-/m1/s1. The molecular weight excluding hydrogens is 160 g/mol. The van der Waals surface area contributed by atoms with Crippen molar-refractivity contribution in [2.75, 3.05) is 6.54 Å². The maximum atomic E-state index is 5.89. The summed E-state index contributed by atoms with van der Waals surface area (Å²) in [7, 11) is 0. The van der Waals surface area contributed by atoms with E-state index in [1.807, 2.05) is 5.01 Å². The summed E-state index contributed by atoms with van der Waals surface area (Å²) in [6.07, 6.45) is 2.41. The maximum absolute atomic E-state index is 5.89. The van der Waals surface area contributed by atoms with Crippen LogP contribution in [0.2, 0.25) is 0 Å². The number of aryl methyl sites for hydroxylation is 1. The molecule has 1 atom stereocenters. The van der Waals surface area contributed by atoms with E-state index in [1.165, 1.54) is 24.0 Å². The predicted octanol–water partition coefficient (Wildman–Crippen LogP) is 2.01. The van der Waals surface area contributed by atoms with Crippen LogP contribution in [0.1, 0.15) is 30.0 Å². The van der Waals surface area contributed by atoms with Crippen molar-refractivity contribution in [2.45, 2.75) is 25.8 Å². The van der Waals surface area contributed by atoms with Crippen molar-refractivity contribution in [1.82, 2.24) is 5.01 Å². The first kappa shape index (κ1) is 8.73. The van der Waals surface area contributed by atoms with Gasteiger partial charge in [-0.3, -0.25) is 5.84 Å². The molecule has 0 saturated carbocycles. The fraction of sp³-hybridized carbons (Fsp3) is 0.455. The Balaban J connectivity index is 2.24. The molecule has 0 spiro atoms. The van der Waals surface area contributed by atoms with E-state index < -0.39 is 0 Å². The summed E-state index contributed by atoms with van der Waals surface area (Å²) < 4.78 is 0. The van der Waals surface area contributed by atoms with Gasteiger partial charge in [-0.1, -0.05) is 29.8 Å². The molecule has 2 nitrogen and oxygen atoms in total. The molecular formula is C11H16N2. The molecule has 1 heterocycles. The van der Waals surface area contributed by atoms with Crippen molar-refractivity contribution in [2.24, 2.45) is 5.84 Å². The number of nitrogens with two attached hydrogens (primary N) is 1. The predicted molar refractivity (Wildman–Crippen MR) is 54.0 cm³/mol. The summed E-state index contributed by atoms with van der Waals surface area (Å²) in [5.74, 6) is 5.89. The van der Waals surface area contributed by atoms with E-state index in [0.717, 1.165) is 6.54 Å². The van der Waals surface area contributed by atoms with Crippen molar-refractivity contribution in [3.63, 3.8) is 0 Å². The summed E-state index contributed by atoms with van der Waals surface area (Å²) in [4.78, 5) is 0. The molecule has 0 amide bonds. The number of benzene rings is 1. The van der Waals surface area contributed by atoms with Gasteiger partial charge in [0, 0.05) is 12.6 Å². The van der Waals surface area contributed by atoms with E-state index in [4.69, 9.17) is 5.84 Å². The van der Waals surface area contributed by atoms with Crippen LogP contribution in [0.5, 0.6) is 0 Å². The van der Waals surface area contributed by atoms with Crippen LogP contribution in [0.25, 0.3) is 0 Å². The first-order valence-corrected chi connectivity index (χ1v) is 4.85. The van der Waals surface area contributed by atoms with Crippen LogP contribution < -0.4 is 5.84 Å². The average Bonchev–Trinajstić information content (AvgIpc) is 2.51. The van der Waals surface area contributed by atoms with Gasteiger partial charge in [0.2, 0.25) is 0 Å². The largest absolute Gasteiger partial charge is 0.268 e. The monoisotopic (exact) mass is 176 g/mol. The quantitative estimate of drug-likeness (QED) is 0.663. The van der Waals surface area contributed by atoms with Crippen molar-refractivity contribution in [1.29, 1.82) is 0 Å². The van der Waals surface area contributed by atoms with Crippen LogP contribution in [0.3, 0.4) is 0 Å². The number of hydrazine groups is 1. The van der Waals surface area contributed by atoms with Crippen molar-refractivity contribution in [3.05, 3.63) is 35.4 Å². The zero-order valence-electron chi connectivity index (χ0n) is 8.03. The normalized spacial score (nSPS) is 23.7. The fourth-order valence-electron chi connectivity index (χ4n) is 2.02. The van der Waals surface area contributed by atoms with Crippen LogP contribution in [0, 0.1) is 6.92 Å². The SMILES string of the molecule is Cc1cccc([C@H]2CCCN2N)c1. The Morgan fingerprint density at radius 3 is 2.92 bits per heavy atom. The van der Waals surface area contributed by atoms with Gasteiger partial charge in [-0.2, -0.15) is 0 Å². The van der Waals surface area contributed by atoms with E-state index in [-0.39, 0.29) is 0 Å². The molecule has 2 N–H and O–H groups in total. The lowest BCUT2D eigenvalue weighted by Crippen LogP contribution is -2.30. The minimum atomic E-state index is 0.444. The summed E-state index contributed by atoms with van der Waals surface area (Å²) in [6, 6.07) is 9.08. The second kappa shape index (κ2) is 3.48. The number of rotatable bonds is 1. The molecule has 13 heavy (non-hydrogen) atoms. The highest BCUT2D eigenvalue weighted by molar-refractivity contribution is 5.25. The Morgan fingerprint density at radius 2 is 2.31 bits per heavy atom. The fourth-order valence-corrected chi connectivity index (χ4v) is 2.02. The molecule has 1 fully saturated rings. The molecule has 1 saturated heterocycles. The highest BCUT2D eigenvalue weighted by atomic mass is 15.4. The summed E-state index contributed by atoms with van der Waals surface area (Å²) in [5, 5.41) is 1.95. The first-order chi connectivity index (χ1) is 6.27. The highest BCUT2D eigenvalue weighted by Gasteiger charge is 2.22. The van der Waals surface area contributed by atoms with Gasteiger partial charge in [-0.15, -0.1) is 0 Å². The smallest absolute Gasteiger partial charge is 0.0491 e. The highest BCUT2D eigenvalue weighted by Crippen LogP contribution is 2.29.